The predicted octanol–water partition coefficient (Wildman–Crippen LogP) is 2.57. The van der Waals surface area contributed by atoms with Gasteiger partial charge in [0.25, 0.3) is 0 Å². The van der Waals surface area contributed by atoms with Gasteiger partial charge in [0.2, 0.25) is 5.13 Å². The number of benzene rings is 1. The Balaban J connectivity index is 2.10. The molecule has 0 amide bonds. The maximum absolute atomic E-state index is 5.29. The van der Waals surface area contributed by atoms with Gasteiger partial charge in [0.15, 0.2) is 0 Å². The van der Waals surface area contributed by atoms with Crippen LogP contribution in [-0.2, 0) is 0 Å². The average Bonchev–Trinajstić information content (AvgIpc) is 2.84. The molecule has 1 atom stereocenters. The lowest BCUT2D eigenvalue weighted by Gasteiger charge is -2.25. The van der Waals surface area contributed by atoms with Gasteiger partial charge >= 0.3 is 0 Å². The van der Waals surface area contributed by atoms with E-state index in [9.17, 15) is 0 Å². The summed E-state index contributed by atoms with van der Waals surface area (Å²) in [6.45, 7) is 2.73. The van der Waals surface area contributed by atoms with Gasteiger partial charge in [-0.15, -0.1) is 10.2 Å². The molecule has 0 aliphatic rings. The molecule has 0 fully saturated rings. The van der Waals surface area contributed by atoms with Gasteiger partial charge in [-0.1, -0.05) is 23.5 Å². The predicted molar refractivity (Wildman–Crippen MR) is 82.6 cm³/mol. The molecule has 0 spiro atoms. The standard InChI is InChI=1S/C14H20N4OS/c1-10-16-17-14(20-10)15-9-13(18(2)3)11-6-5-7-12(8-11)19-4/h5-8,13H,9H2,1-4H3,(H,15,17). The average molecular weight is 292 g/mol. The summed E-state index contributed by atoms with van der Waals surface area (Å²) in [5.41, 5.74) is 1.21. The first-order valence-electron chi connectivity index (χ1n) is 6.44. The molecule has 2 aromatic rings. The molecular formula is C14H20N4OS. The Morgan fingerprint density at radius 1 is 1.35 bits per heavy atom. The molecule has 108 valence electrons. The highest BCUT2D eigenvalue weighted by Gasteiger charge is 2.15. The van der Waals surface area contributed by atoms with E-state index in [1.165, 1.54) is 5.56 Å². The fourth-order valence-corrected chi connectivity index (χ4v) is 2.60. The lowest BCUT2D eigenvalue weighted by Crippen LogP contribution is -2.26. The van der Waals surface area contributed by atoms with Gasteiger partial charge in [-0.05, 0) is 38.7 Å². The van der Waals surface area contributed by atoms with Gasteiger partial charge in [-0.3, -0.25) is 0 Å². The third-order valence-corrected chi connectivity index (χ3v) is 3.87. The molecule has 0 aliphatic carbocycles. The van der Waals surface area contributed by atoms with Crippen molar-refractivity contribution in [3.8, 4) is 5.75 Å². The number of aromatic nitrogens is 2. The van der Waals surface area contributed by atoms with Crippen molar-refractivity contribution < 1.29 is 4.74 Å². The van der Waals surface area contributed by atoms with Gasteiger partial charge < -0.3 is 15.0 Å². The first-order valence-corrected chi connectivity index (χ1v) is 7.26. The normalized spacial score (nSPS) is 12.4. The van der Waals surface area contributed by atoms with Gasteiger partial charge in [0.05, 0.1) is 13.2 Å². The third-order valence-electron chi connectivity index (χ3n) is 3.07. The second kappa shape index (κ2) is 6.67. The van der Waals surface area contributed by atoms with Crippen LogP contribution < -0.4 is 10.1 Å². The summed E-state index contributed by atoms with van der Waals surface area (Å²) in [5, 5.41) is 13.3. The van der Waals surface area contributed by atoms with Crippen LogP contribution in [0.4, 0.5) is 5.13 Å². The molecule has 2 rings (SSSR count). The molecule has 0 radical (unpaired) electrons. The smallest absolute Gasteiger partial charge is 0.205 e. The topological polar surface area (TPSA) is 50.3 Å². The van der Waals surface area contributed by atoms with Crippen molar-refractivity contribution in [3.05, 3.63) is 34.8 Å². The summed E-state index contributed by atoms with van der Waals surface area (Å²) in [4.78, 5) is 2.18. The van der Waals surface area contributed by atoms with E-state index in [0.717, 1.165) is 22.4 Å². The summed E-state index contributed by atoms with van der Waals surface area (Å²) in [6.07, 6.45) is 0. The van der Waals surface area contributed by atoms with Crippen LogP contribution in [0.15, 0.2) is 24.3 Å². The minimum absolute atomic E-state index is 0.245. The highest BCUT2D eigenvalue weighted by Crippen LogP contribution is 2.24. The van der Waals surface area contributed by atoms with E-state index >= 15 is 0 Å². The van der Waals surface area contributed by atoms with Crippen LogP contribution in [0.25, 0.3) is 0 Å². The van der Waals surface area contributed by atoms with Crippen molar-refractivity contribution in [1.29, 1.82) is 0 Å². The number of likely N-dealkylation sites (N-methyl/N-ethyl adjacent to an activating group) is 1. The van der Waals surface area contributed by atoms with Crippen molar-refractivity contribution in [2.24, 2.45) is 0 Å². The number of methoxy groups -OCH3 is 1. The Bertz CT molecular complexity index is 556. The van der Waals surface area contributed by atoms with E-state index in [1.54, 1.807) is 18.4 Å². The van der Waals surface area contributed by atoms with Gasteiger partial charge in [0, 0.05) is 6.54 Å². The highest BCUT2D eigenvalue weighted by molar-refractivity contribution is 7.15. The summed E-state index contributed by atoms with van der Waals surface area (Å²) in [7, 11) is 5.82. The Hall–Kier alpha value is -1.66. The molecule has 0 bridgehead atoms. The molecule has 1 aromatic carbocycles. The highest BCUT2D eigenvalue weighted by atomic mass is 32.1. The van der Waals surface area contributed by atoms with E-state index in [2.05, 4.69) is 46.6 Å². The molecular weight excluding hydrogens is 272 g/mol. The van der Waals surface area contributed by atoms with Gasteiger partial charge in [0.1, 0.15) is 10.8 Å². The summed E-state index contributed by atoms with van der Waals surface area (Å²) >= 11 is 1.57. The molecule has 20 heavy (non-hydrogen) atoms. The fraction of sp³-hybridized carbons (Fsp3) is 0.429. The first kappa shape index (κ1) is 14.7. The van der Waals surface area contributed by atoms with Crippen molar-refractivity contribution in [2.45, 2.75) is 13.0 Å². The first-order chi connectivity index (χ1) is 9.60. The number of anilines is 1. The Labute approximate surface area is 123 Å². The van der Waals surface area contributed by atoms with Crippen LogP contribution in [-0.4, -0.2) is 42.8 Å². The molecule has 0 saturated heterocycles. The quantitative estimate of drug-likeness (QED) is 0.887. The summed E-state index contributed by atoms with van der Waals surface area (Å²) in [5.74, 6) is 0.876. The van der Waals surface area contributed by atoms with Crippen LogP contribution >= 0.6 is 11.3 Å². The maximum atomic E-state index is 5.29. The lowest BCUT2D eigenvalue weighted by molar-refractivity contribution is 0.310. The Morgan fingerprint density at radius 2 is 2.15 bits per heavy atom. The number of rotatable bonds is 6. The van der Waals surface area contributed by atoms with Crippen molar-refractivity contribution >= 4 is 16.5 Å². The molecule has 0 aliphatic heterocycles. The molecule has 0 saturated carbocycles. The van der Waals surface area contributed by atoms with Crippen molar-refractivity contribution in [3.63, 3.8) is 0 Å². The van der Waals surface area contributed by atoms with Crippen LogP contribution in [0.2, 0.25) is 0 Å². The number of nitrogens with one attached hydrogen (secondary N) is 1. The van der Waals surface area contributed by atoms with E-state index in [1.807, 2.05) is 19.1 Å². The molecule has 1 heterocycles. The molecule has 1 unspecified atom stereocenters. The number of nitrogens with zero attached hydrogens (tertiary/aromatic N) is 3. The zero-order chi connectivity index (χ0) is 14.5. The zero-order valence-electron chi connectivity index (χ0n) is 12.3. The van der Waals surface area contributed by atoms with E-state index in [-0.39, 0.29) is 6.04 Å². The summed E-state index contributed by atoms with van der Waals surface area (Å²) in [6, 6.07) is 8.39. The molecule has 6 heteroatoms. The second-order valence-corrected chi connectivity index (χ2v) is 5.94. The SMILES string of the molecule is COc1cccc(C(CNc2nnc(C)s2)N(C)C)c1. The number of aryl methyl sites for hydroxylation is 1. The molecule has 1 aromatic heterocycles. The van der Waals surface area contributed by atoms with Gasteiger partial charge in [-0.2, -0.15) is 0 Å². The van der Waals surface area contributed by atoms with Crippen molar-refractivity contribution in [2.75, 3.05) is 33.1 Å². The third kappa shape index (κ3) is 3.68. The van der Waals surface area contributed by atoms with E-state index < -0.39 is 0 Å². The minimum Gasteiger partial charge on any atom is -0.497 e. The minimum atomic E-state index is 0.245. The number of hydrogen-bond acceptors (Lipinski definition) is 6. The number of hydrogen-bond donors (Lipinski definition) is 1. The van der Waals surface area contributed by atoms with Crippen LogP contribution in [0.5, 0.6) is 5.75 Å². The summed E-state index contributed by atoms with van der Waals surface area (Å²) < 4.78 is 5.29. The Kier molecular flexibility index (Phi) is 4.92. The van der Waals surface area contributed by atoms with Crippen LogP contribution in [0.3, 0.4) is 0 Å². The lowest BCUT2D eigenvalue weighted by atomic mass is 10.1. The monoisotopic (exact) mass is 292 g/mol. The van der Waals surface area contributed by atoms with E-state index in [4.69, 9.17) is 4.74 Å². The number of ether oxygens (including phenoxy) is 1. The second-order valence-electron chi connectivity index (χ2n) is 4.76. The van der Waals surface area contributed by atoms with Crippen molar-refractivity contribution in [1.82, 2.24) is 15.1 Å². The zero-order valence-corrected chi connectivity index (χ0v) is 13.1. The van der Waals surface area contributed by atoms with Gasteiger partial charge in [-0.25, -0.2) is 0 Å². The largest absolute Gasteiger partial charge is 0.497 e. The van der Waals surface area contributed by atoms with Crippen LogP contribution in [0.1, 0.15) is 16.6 Å². The maximum Gasteiger partial charge on any atom is 0.205 e. The van der Waals surface area contributed by atoms with E-state index in [0.29, 0.717) is 0 Å². The van der Waals surface area contributed by atoms with Crippen LogP contribution in [0, 0.1) is 6.92 Å². The fourth-order valence-electron chi connectivity index (χ4n) is 2.00. The molecule has 1 N–H and O–H groups in total. The molecule has 5 nitrogen and oxygen atoms in total. The Morgan fingerprint density at radius 3 is 2.75 bits per heavy atom.